The maximum absolute atomic E-state index is 13.0. The average Bonchev–Trinajstić information content (AvgIpc) is 2.58. The van der Waals surface area contributed by atoms with Gasteiger partial charge in [0.15, 0.2) is 0 Å². The molecular formula is C19H27FN2O2. The van der Waals surface area contributed by atoms with Gasteiger partial charge in [0.05, 0.1) is 12.1 Å². The zero-order valence-electron chi connectivity index (χ0n) is 14.1. The molecule has 1 amide bonds. The molecule has 0 radical (unpaired) electrons. The van der Waals surface area contributed by atoms with Gasteiger partial charge in [-0.3, -0.25) is 9.69 Å². The molecule has 1 aliphatic carbocycles. The molecule has 2 N–H and O–H groups in total. The fraction of sp³-hybridized carbons (Fsp3) is 0.632. The quantitative estimate of drug-likeness (QED) is 0.890. The van der Waals surface area contributed by atoms with Crippen LogP contribution in [0.3, 0.4) is 0 Å². The lowest BCUT2D eigenvalue weighted by molar-refractivity contribution is -0.124. The highest BCUT2D eigenvalue weighted by molar-refractivity contribution is 5.78. The van der Waals surface area contributed by atoms with Gasteiger partial charge in [0, 0.05) is 19.1 Å². The molecule has 2 fully saturated rings. The normalized spacial score (nSPS) is 22.2. The molecule has 5 heteroatoms. The molecule has 2 aliphatic rings. The van der Waals surface area contributed by atoms with Gasteiger partial charge in [0.25, 0.3) is 0 Å². The summed E-state index contributed by atoms with van der Waals surface area (Å²) >= 11 is 0. The van der Waals surface area contributed by atoms with Gasteiger partial charge in [-0.25, -0.2) is 4.39 Å². The first-order chi connectivity index (χ1) is 11.5. The molecule has 1 heterocycles. The van der Waals surface area contributed by atoms with Crippen LogP contribution in [0.4, 0.5) is 4.39 Å². The van der Waals surface area contributed by atoms with Crippen LogP contribution in [0.5, 0.6) is 0 Å². The van der Waals surface area contributed by atoms with Crippen molar-refractivity contribution >= 4 is 5.91 Å². The van der Waals surface area contributed by atoms with Crippen molar-refractivity contribution in [3.05, 3.63) is 35.6 Å². The Kier molecular flexibility index (Phi) is 5.51. The van der Waals surface area contributed by atoms with Crippen LogP contribution in [0.25, 0.3) is 0 Å². The Morgan fingerprint density at radius 2 is 1.79 bits per heavy atom. The SMILES string of the molecule is O=C(CN1CCC(O)(c2ccc(F)cc2)CC1)NC1CCCCC1. The van der Waals surface area contributed by atoms with Gasteiger partial charge in [0.1, 0.15) is 5.82 Å². The van der Waals surface area contributed by atoms with Crippen molar-refractivity contribution in [2.24, 2.45) is 0 Å². The van der Waals surface area contributed by atoms with E-state index in [4.69, 9.17) is 0 Å². The summed E-state index contributed by atoms with van der Waals surface area (Å²) in [4.78, 5) is 14.3. The van der Waals surface area contributed by atoms with E-state index in [0.717, 1.165) is 18.4 Å². The molecule has 1 aromatic carbocycles. The van der Waals surface area contributed by atoms with Crippen molar-refractivity contribution in [2.75, 3.05) is 19.6 Å². The summed E-state index contributed by atoms with van der Waals surface area (Å²) in [6.45, 7) is 1.74. The lowest BCUT2D eigenvalue weighted by Crippen LogP contribution is -2.48. The molecule has 4 nitrogen and oxygen atoms in total. The summed E-state index contributed by atoms with van der Waals surface area (Å²) in [5.74, 6) is -0.201. The van der Waals surface area contributed by atoms with Crippen molar-refractivity contribution in [2.45, 2.75) is 56.6 Å². The molecule has 1 saturated heterocycles. The number of rotatable bonds is 4. The Bertz CT molecular complexity index is 547. The van der Waals surface area contributed by atoms with E-state index >= 15 is 0 Å². The lowest BCUT2D eigenvalue weighted by atomic mass is 9.84. The van der Waals surface area contributed by atoms with Crippen LogP contribution in [0.1, 0.15) is 50.5 Å². The van der Waals surface area contributed by atoms with Crippen LogP contribution < -0.4 is 5.32 Å². The second-order valence-electron chi connectivity index (χ2n) is 7.22. The van der Waals surface area contributed by atoms with Crippen LogP contribution in [0, 0.1) is 5.82 Å². The van der Waals surface area contributed by atoms with Crippen molar-refractivity contribution in [3.8, 4) is 0 Å². The van der Waals surface area contributed by atoms with Crippen molar-refractivity contribution in [1.82, 2.24) is 10.2 Å². The molecule has 0 spiro atoms. The Morgan fingerprint density at radius 3 is 2.42 bits per heavy atom. The molecule has 0 atom stereocenters. The number of amides is 1. The Morgan fingerprint density at radius 1 is 1.17 bits per heavy atom. The summed E-state index contributed by atoms with van der Waals surface area (Å²) in [5, 5.41) is 13.9. The Hall–Kier alpha value is -1.46. The van der Waals surface area contributed by atoms with E-state index in [0.29, 0.717) is 38.5 Å². The van der Waals surface area contributed by atoms with E-state index < -0.39 is 5.60 Å². The van der Waals surface area contributed by atoms with Crippen molar-refractivity contribution < 1.29 is 14.3 Å². The van der Waals surface area contributed by atoms with Gasteiger partial charge in [-0.15, -0.1) is 0 Å². The first kappa shape index (κ1) is 17.4. The van der Waals surface area contributed by atoms with Crippen molar-refractivity contribution in [1.29, 1.82) is 0 Å². The van der Waals surface area contributed by atoms with Gasteiger partial charge < -0.3 is 10.4 Å². The van der Waals surface area contributed by atoms with Gasteiger partial charge >= 0.3 is 0 Å². The number of piperidine rings is 1. The minimum atomic E-state index is -0.913. The maximum atomic E-state index is 13.0. The fourth-order valence-electron chi connectivity index (χ4n) is 3.85. The maximum Gasteiger partial charge on any atom is 0.234 e. The van der Waals surface area contributed by atoms with Gasteiger partial charge in [-0.05, 0) is 43.4 Å². The van der Waals surface area contributed by atoms with Gasteiger partial charge in [-0.1, -0.05) is 31.4 Å². The number of hydrogen-bond acceptors (Lipinski definition) is 3. The van der Waals surface area contributed by atoms with Gasteiger partial charge in [-0.2, -0.15) is 0 Å². The minimum Gasteiger partial charge on any atom is -0.385 e. The van der Waals surface area contributed by atoms with E-state index in [1.165, 1.54) is 31.4 Å². The van der Waals surface area contributed by atoms with E-state index in [2.05, 4.69) is 10.2 Å². The monoisotopic (exact) mass is 334 g/mol. The molecule has 0 unspecified atom stereocenters. The van der Waals surface area contributed by atoms with Crippen LogP contribution in [0.15, 0.2) is 24.3 Å². The van der Waals surface area contributed by atoms with Crippen LogP contribution in [0.2, 0.25) is 0 Å². The molecule has 1 aromatic rings. The minimum absolute atomic E-state index is 0.0918. The zero-order chi connectivity index (χ0) is 17.0. The number of nitrogens with one attached hydrogen (secondary N) is 1. The Balaban J connectivity index is 1.47. The predicted molar refractivity (Wildman–Crippen MR) is 91.0 cm³/mol. The fourth-order valence-corrected chi connectivity index (χ4v) is 3.85. The van der Waals surface area contributed by atoms with Gasteiger partial charge in [0.2, 0.25) is 5.91 Å². The number of likely N-dealkylation sites (tertiary alicyclic amines) is 1. The zero-order valence-corrected chi connectivity index (χ0v) is 14.1. The number of nitrogens with zero attached hydrogens (tertiary/aromatic N) is 1. The number of aliphatic hydroxyl groups is 1. The summed E-state index contributed by atoms with van der Waals surface area (Å²) in [6, 6.07) is 6.42. The van der Waals surface area contributed by atoms with Crippen LogP contribution in [-0.2, 0) is 10.4 Å². The third kappa shape index (κ3) is 4.33. The molecule has 132 valence electrons. The third-order valence-corrected chi connectivity index (χ3v) is 5.40. The highest BCUT2D eigenvalue weighted by Gasteiger charge is 2.34. The summed E-state index contributed by atoms with van der Waals surface area (Å²) in [6.07, 6.45) is 7.01. The third-order valence-electron chi connectivity index (χ3n) is 5.40. The molecular weight excluding hydrogens is 307 g/mol. The van der Waals surface area contributed by atoms with E-state index in [1.54, 1.807) is 12.1 Å². The lowest BCUT2D eigenvalue weighted by Gasteiger charge is -2.38. The second kappa shape index (κ2) is 7.62. The standard InChI is InChI=1S/C19H27FN2O2/c20-16-8-6-15(7-9-16)19(24)10-12-22(13-11-19)14-18(23)21-17-4-2-1-3-5-17/h6-9,17,24H,1-5,10-14H2,(H,21,23). The summed E-state index contributed by atoms with van der Waals surface area (Å²) in [7, 11) is 0. The highest BCUT2D eigenvalue weighted by Crippen LogP contribution is 2.32. The predicted octanol–water partition coefficient (Wildman–Crippen LogP) is 2.56. The number of carbonyl (C=O) groups is 1. The molecule has 24 heavy (non-hydrogen) atoms. The van der Waals surface area contributed by atoms with Crippen LogP contribution >= 0.6 is 0 Å². The topological polar surface area (TPSA) is 52.6 Å². The smallest absolute Gasteiger partial charge is 0.234 e. The number of hydrogen-bond donors (Lipinski definition) is 2. The van der Waals surface area contributed by atoms with Crippen molar-refractivity contribution in [3.63, 3.8) is 0 Å². The summed E-state index contributed by atoms with van der Waals surface area (Å²) in [5.41, 5.74) is -0.153. The molecule has 3 rings (SSSR count). The van der Waals surface area contributed by atoms with E-state index in [9.17, 15) is 14.3 Å². The van der Waals surface area contributed by atoms with E-state index in [-0.39, 0.29) is 11.7 Å². The largest absolute Gasteiger partial charge is 0.385 e. The number of carbonyl (C=O) groups excluding carboxylic acids is 1. The molecule has 0 aromatic heterocycles. The first-order valence-corrected chi connectivity index (χ1v) is 9.05. The van der Waals surface area contributed by atoms with E-state index in [1.807, 2.05) is 0 Å². The number of halogens is 1. The molecule has 0 bridgehead atoms. The summed E-state index contributed by atoms with van der Waals surface area (Å²) < 4.78 is 13.0. The average molecular weight is 334 g/mol. The highest BCUT2D eigenvalue weighted by atomic mass is 19.1. The Labute approximate surface area is 143 Å². The first-order valence-electron chi connectivity index (χ1n) is 9.05. The molecule has 1 saturated carbocycles. The molecule has 1 aliphatic heterocycles. The van der Waals surface area contributed by atoms with Crippen LogP contribution in [-0.4, -0.2) is 41.6 Å². The number of benzene rings is 1. The second-order valence-corrected chi connectivity index (χ2v) is 7.22.